The predicted octanol–water partition coefficient (Wildman–Crippen LogP) is 4.28. The molecule has 0 amide bonds. The van der Waals surface area contributed by atoms with Gasteiger partial charge in [-0.05, 0) is 37.1 Å². The molecule has 0 fully saturated rings. The second-order valence-electron chi connectivity index (χ2n) is 5.92. The summed E-state index contributed by atoms with van der Waals surface area (Å²) in [5, 5.41) is 2.32. The average molecular weight is 268 g/mol. The summed E-state index contributed by atoms with van der Waals surface area (Å²) in [6.07, 6.45) is 0.510. The van der Waals surface area contributed by atoms with Crippen molar-refractivity contribution in [2.45, 2.75) is 32.8 Å². The fourth-order valence-corrected chi connectivity index (χ4v) is 2.10. The lowest BCUT2D eigenvalue weighted by Gasteiger charge is -2.20. The molecule has 0 aliphatic rings. The highest BCUT2D eigenvalue weighted by molar-refractivity contribution is 5.91. The Morgan fingerprint density at radius 2 is 1.75 bits per heavy atom. The second-order valence-corrected chi connectivity index (χ2v) is 5.92. The molecule has 2 heteroatoms. The standard InChI is InChI=1S/C18H20O2/c1-13(17(19)20-18(2,3)4)12-15-10-7-9-14-8-5-6-11-16(14)15/h5-11H,1,12H2,2-4H3. The summed E-state index contributed by atoms with van der Waals surface area (Å²) in [4.78, 5) is 12.0. The van der Waals surface area contributed by atoms with Crippen molar-refractivity contribution in [2.75, 3.05) is 0 Å². The molecule has 0 saturated heterocycles. The van der Waals surface area contributed by atoms with Crippen molar-refractivity contribution in [1.82, 2.24) is 0 Å². The molecule has 2 aromatic carbocycles. The van der Waals surface area contributed by atoms with Gasteiger partial charge in [0.05, 0.1) is 0 Å². The summed E-state index contributed by atoms with van der Waals surface area (Å²) >= 11 is 0. The topological polar surface area (TPSA) is 26.3 Å². The van der Waals surface area contributed by atoms with Gasteiger partial charge in [0.2, 0.25) is 0 Å². The first kappa shape index (κ1) is 14.3. The molecular formula is C18H20O2. The molecule has 0 radical (unpaired) electrons. The summed E-state index contributed by atoms with van der Waals surface area (Å²) < 4.78 is 5.35. The van der Waals surface area contributed by atoms with Gasteiger partial charge in [-0.3, -0.25) is 0 Å². The van der Waals surface area contributed by atoms with Gasteiger partial charge in [0.1, 0.15) is 5.60 Å². The van der Waals surface area contributed by atoms with Crippen LogP contribution < -0.4 is 0 Å². The highest BCUT2D eigenvalue weighted by atomic mass is 16.6. The van der Waals surface area contributed by atoms with Gasteiger partial charge in [-0.2, -0.15) is 0 Å². The Kier molecular flexibility index (Phi) is 3.93. The van der Waals surface area contributed by atoms with Crippen LogP contribution in [0.25, 0.3) is 10.8 Å². The van der Waals surface area contributed by atoms with E-state index in [-0.39, 0.29) is 5.97 Å². The summed E-state index contributed by atoms with van der Waals surface area (Å²) in [7, 11) is 0. The van der Waals surface area contributed by atoms with E-state index in [1.54, 1.807) is 0 Å². The fourth-order valence-electron chi connectivity index (χ4n) is 2.10. The molecule has 0 aliphatic heterocycles. The fraction of sp³-hybridized carbons (Fsp3) is 0.278. The zero-order valence-corrected chi connectivity index (χ0v) is 12.3. The third-order valence-electron chi connectivity index (χ3n) is 2.97. The van der Waals surface area contributed by atoms with Crippen molar-refractivity contribution >= 4 is 16.7 Å². The van der Waals surface area contributed by atoms with Gasteiger partial charge in [-0.15, -0.1) is 0 Å². The van der Waals surface area contributed by atoms with E-state index in [1.165, 1.54) is 5.39 Å². The first-order valence-electron chi connectivity index (χ1n) is 6.74. The van der Waals surface area contributed by atoms with E-state index in [1.807, 2.05) is 45.0 Å². The predicted molar refractivity (Wildman–Crippen MR) is 82.6 cm³/mol. The van der Waals surface area contributed by atoms with E-state index in [9.17, 15) is 4.79 Å². The molecule has 2 rings (SSSR count). The van der Waals surface area contributed by atoms with Crippen LogP contribution in [0.3, 0.4) is 0 Å². The van der Waals surface area contributed by atoms with Crippen LogP contribution in [-0.4, -0.2) is 11.6 Å². The average Bonchev–Trinajstić information content (AvgIpc) is 2.37. The van der Waals surface area contributed by atoms with Crippen LogP contribution >= 0.6 is 0 Å². The van der Waals surface area contributed by atoms with Crippen molar-refractivity contribution in [3.8, 4) is 0 Å². The Labute approximate surface area is 120 Å². The zero-order chi connectivity index (χ0) is 14.8. The van der Waals surface area contributed by atoms with E-state index >= 15 is 0 Å². The molecule has 2 nitrogen and oxygen atoms in total. The van der Waals surface area contributed by atoms with Gasteiger partial charge in [-0.1, -0.05) is 49.0 Å². The van der Waals surface area contributed by atoms with Crippen molar-refractivity contribution < 1.29 is 9.53 Å². The van der Waals surface area contributed by atoms with Crippen LogP contribution in [0.1, 0.15) is 26.3 Å². The Balaban J connectivity index is 2.20. The van der Waals surface area contributed by atoms with Crippen LogP contribution in [0.15, 0.2) is 54.6 Å². The van der Waals surface area contributed by atoms with Gasteiger partial charge in [0, 0.05) is 12.0 Å². The smallest absolute Gasteiger partial charge is 0.334 e. The van der Waals surface area contributed by atoms with E-state index in [2.05, 4.69) is 24.8 Å². The second kappa shape index (κ2) is 5.49. The lowest BCUT2D eigenvalue weighted by molar-refractivity contribution is -0.149. The zero-order valence-electron chi connectivity index (χ0n) is 12.3. The number of esters is 1. The summed E-state index contributed by atoms with van der Waals surface area (Å²) in [5.41, 5.74) is 1.09. The summed E-state index contributed by atoms with van der Waals surface area (Å²) in [6, 6.07) is 14.2. The minimum absolute atomic E-state index is 0.328. The molecule has 0 heterocycles. The largest absolute Gasteiger partial charge is 0.457 e. The number of ether oxygens (including phenoxy) is 1. The SMILES string of the molecule is C=C(Cc1cccc2ccccc12)C(=O)OC(C)(C)C. The van der Waals surface area contributed by atoms with E-state index in [0.29, 0.717) is 12.0 Å². The summed E-state index contributed by atoms with van der Waals surface area (Å²) in [6.45, 7) is 9.44. The van der Waals surface area contributed by atoms with Crippen molar-refractivity contribution in [1.29, 1.82) is 0 Å². The molecular weight excluding hydrogens is 248 g/mol. The molecule has 0 saturated carbocycles. The number of rotatable bonds is 3. The van der Waals surface area contributed by atoms with Crippen LogP contribution in [0.2, 0.25) is 0 Å². The highest BCUT2D eigenvalue weighted by Gasteiger charge is 2.19. The number of carbonyl (C=O) groups is 1. The monoisotopic (exact) mass is 268 g/mol. The first-order valence-corrected chi connectivity index (χ1v) is 6.74. The molecule has 0 aliphatic carbocycles. The van der Waals surface area contributed by atoms with Gasteiger partial charge >= 0.3 is 5.97 Å². The Bertz CT molecular complexity index is 643. The maximum Gasteiger partial charge on any atom is 0.334 e. The van der Waals surface area contributed by atoms with Crippen LogP contribution in [0.5, 0.6) is 0 Å². The summed E-state index contributed by atoms with van der Waals surface area (Å²) in [5.74, 6) is -0.328. The third kappa shape index (κ3) is 3.47. The Hall–Kier alpha value is -2.09. The molecule has 0 aromatic heterocycles. The normalized spacial score (nSPS) is 11.3. The molecule has 0 bridgehead atoms. The maximum atomic E-state index is 12.0. The van der Waals surface area contributed by atoms with Gasteiger partial charge in [-0.25, -0.2) is 4.79 Å². The number of hydrogen-bond donors (Lipinski definition) is 0. The molecule has 20 heavy (non-hydrogen) atoms. The molecule has 0 N–H and O–H groups in total. The number of benzene rings is 2. The first-order chi connectivity index (χ1) is 9.37. The molecule has 0 atom stereocenters. The lowest BCUT2D eigenvalue weighted by atomic mass is 9.99. The van der Waals surface area contributed by atoms with Gasteiger partial charge in [0.25, 0.3) is 0 Å². The van der Waals surface area contributed by atoms with Crippen LogP contribution in [0.4, 0.5) is 0 Å². The van der Waals surface area contributed by atoms with E-state index < -0.39 is 5.60 Å². The quantitative estimate of drug-likeness (QED) is 0.613. The van der Waals surface area contributed by atoms with Crippen LogP contribution in [-0.2, 0) is 16.0 Å². The Morgan fingerprint density at radius 1 is 1.10 bits per heavy atom. The van der Waals surface area contributed by atoms with E-state index in [0.717, 1.165) is 10.9 Å². The molecule has 0 spiro atoms. The molecule has 104 valence electrons. The maximum absolute atomic E-state index is 12.0. The number of hydrogen-bond acceptors (Lipinski definition) is 2. The van der Waals surface area contributed by atoms with Crippen LogP contribution in [0, 0.1) is 0 Å². The molecule has 2 aromatic rings. The van der Waals surface area contributed by atoms with Crippen molar-refractivity contribution in [3.05, 3.63) is 60.2 Å². The number of fused-ring (bicyclic) bond motifs is 1. The van der Waals surface area contributed by atoms with Crippen molar-refractivity contribution in [2.24, 2.45) is 0 Å². The highest BCUT2D eigenvalue weighted by Crippen LogP contribution is 2.21. The van der Waals surface area contributed by atoms with Gasteiger partial charge < -0.3 is 4.74 Å². The third-order valence-corrected chi connectivity index (χ3v) is 2.97. The minimum Gasteiger partial charge on any atom is -0.457 e. The number of carbonyl (C=O) groups excluding carboxylic acids is 1. The minimum atomic E-state index is -0.487. The van der Waals surface area contributed by atoms with Crippen molar-refractivity contribution in [3.63, 3.8) is 0 Å². The Morgan fingerprint density at radius 3 is 2.45 bits per heavy atom. The molecule has 0 unspecified atom stereocenters. The lowest BCUT2D eigenvalue weighted by Crippen LogP contribution is -2.25. The van der Waals surface area contributed by atoms with E-state index in [4.69, 9.17) is 4.74 Å². The van der Waals surface area contributed by atoms with Gasteiger partial charge in [0.15, 0.2) is 0 Å².